The molecule has 4 aliphatic rings. The average molecular weight is 613 g/mol. The third-order valence-corrected chi connectivity index (χ3v) is 13.7. The molecule has 0 bridgehead atoms. The van der Waals surface area contributed by atoms with E-state index in [1.54, 1.807) is 0 Å². The Bertz CT molecular complexity index is 1260. The molecule has 0 radical (unpaired) electrons. The van der Waals surface area contributed by atoms with Gasteiger partial charge in [0.05, 0.1) is 11.0 Å². The molecule has 0 heterocycles. The Labute approximate surface area is 248 Å². The van der Waals surface area contributed by atoms with Crippen molar-refractivity contribution in [1.82, 2.24) is 10.0 Å². The van der Waals surface area contributed by atoms with Crippen LogP contribution in [-0.2, 0) is 10.0 Å². The molecule has 0 aliphatic heterocycles. The summed E-state index contributed by atoms with van der Waals surface area (Å²) in [5.74, 6) is -0.000410. The summed E-state index contributed by atoms with van der Waals surface area (Å²) in [5, 5.41) is 14.4. The maximum absolute atomic E-state index is 14.6. The van der Waals surface area contributed by atoms with E-state index in [1.807, 2.05) is 4.72 Å². The van der Waals surface area contributed by atoms with Crippen molar-refractivity contribution >= 4 is 16.1 Å². The van der Waals surface area contributed by atoms with Gasteiger partial charge in [-0.3, -0.25) is 0 Å². The van der Waals surface area contributed by atoms with Crippen LogP contribution in [0.2, 0.25) is 0 Å². The predicted octanol–water partition coefficient (Wildman–Crippen LogP) is 6.58. The quantitative estimate of drug-likeness (QED) is 0.324. The second kappa shape index (κ2) is 11.6. The van der Waals surface area contributed by atoms with E-state index in [-0.39, 0.29) is 41.0 Å². The van der Waals surface area contributed by atoms with Gasteiger partial charge in [0.2, 0.25) is 0 Å². The summed E-state index contributed by atoms with van der Waals surface area (Å²) >= 11 is 0. The molecule has 5 rings (SSSR count). The van der Waals surface area contributed by atoms with Crippen molar-refractivity contribution in [2.24, 2.45) is 52.3 Å². The van der Waals surface area contributed by atoms with Crippen LogP contribution < -0.4 is 10.0 Å². The number of aliphatic hydroxyl groups excluding tert-OH is 1. The number of carbonyl (C=O) groups is 1. The smallest absolute Gasteiger partial charge is 0.328 e. The number of carbonyl (C=O) groups excluding carboxylic acids is 1. The summed E-state index contributed by atoms with van der Waals surface area (Å²) < 4.78 is 68.2. The lowest BCUT2D eigenvalue weighted by atomic mass is 9.41. The maximum atomic E-state index is 14.6. The second-order valence-electron chi connectivity index (χ2n) is 14.3. The standard InChI is InChI=1S/C32H47F3N2O4S/c1-5-23-27-17-19(33)8-11-32(27,4)26-9-12-31(3)24(6-7-25(31)28(26)29(23)38)18(2)10-13-36-30(39)37-42(40,41)22-15-20(34)14-21(35)16-22/h14-16,18-19,23-29,38H,5-13,17H2,1-4H3,(H2,36,37,39)/t18-,19+,23-,24-,25+,26+,27+,28+,29-,31-,32-/m1/s1. The van der Waals surface area contributed by atoms with E-state index >= 15 is 0 Å². The third kappa shape index (κ3) is 5.48. The van der Waals surface area contributed by atoms with Crippen LogP contribution in [0.4, 0.5) is 18.0 Å². The number of alkyl halides is 1. The molecule has 0 spiro atoms. The molecule has 6 nitrogen and oxygen atoms in total. The van der Waals surface area contributed by atoms with Crippen LogP contribution in [0, 0.1) is 63.9 Å². The number of benzene rings is 1. The van der Waals surface area contributed by atoms with Crippen molar-refractivity contribution in [2.45, 2.75) is 103 Å². The topological polar surface area (TPSA) is 95.5 Å². The van der Waals surface area contributed by atoms with Gasteiger partial charge >= 0.3 is 6.03 Å². The summed E-state index contributed by atoms with van der Waals surface area (Å²) in [5.41, 5.74) is 0.139. The van der Waals surface area contributed by atoms with Gasteiger partial charge in [-0.25, -0.2) is 31.1 Å². The maximum Gasteiger partial charge on any atom is 0.328 e. The van der Waals surface area contributed by atoms with Crippen LogP contribution in [0.5, 0.6) is 0 Å². The summed E-state index contributed by atoms with van der Waals surface area (Å²) in [4.78, 5) is 11.7. The largest absolute Gasteiger partial charge is 0.393 e. The van der Waals surface area contributed by atoms with E-state index in [4.69, 9.17) is 0 Å². The Morgan fingerprint density at radius 3 is 2.33 bits per heavy atom. The molecule has 0 unspecified atom stereocenters. The summed E-state index contributed by atoms with van der Waals surface area (Å²) in [6.07, 6.45) is 6.72. The van der Waals surface area contributed by atoms with Crippen LogP contribution in [0.25, 0.3) is 0 Å². The van der Waals surface area contributed by atoms with Crippen LogP contribution in [0.3, 0.4) is 0 Å². The van der Waals surface area contributed by atoms with Gasteiger partial charge in [0.25, 0.3) is 10.0 Å². The zero-order valence-electron chi connectivity index (χ0n) is 25.2. The Morgan fingerprint density at radius 1 is 1.02 bits per heavy atom. The normalized spacial score (nSPS) is 40.4. The number of halogens is 3. The molecule has 1 aromatic rings. The van der Waals surface area contributed by atoms with E-state index in [9.17, 15) is 31.5 Å². The minimum atomic E-state index is -4.42. The molecule has 0 aromatic heterocycles. The number of sulfonamides is 1. The Kier molecular flexibility index (Phi) is 8.73. The van der Waals surface area contributed by atoms with Crippen LogP contribution in [0.15, 0.2) is 23.1 Å². The first-order valence-corrected chi connectivity index (χ1v) is 17.3. The molecule has 10 heteroatoms. The summed E-state index contributed by atoms with van der Waals surface area (Å²) in [6.45, 7) is 9.35. The van der Waals surface area contributed by atoms with E-state index < -0.39 is 44.9 Å². The lowest BCUT2D eigenvalue weighted by Crippen LogP contribution is -2.62. The van der Waals surface area contributed by atoms with Gasteiger partial charge < -0.3 is 10.4 Å². The van der Waals surface area contributed by atoms with E-state index in [1.165, 1.54) is 0 Å². The lowest BCUT2D eigenvalue weighted by Gasteiger charge is -2.64. The van der Waals surface area contributed by atoms with Crippen molar-refractivity contribution < 1.29 is 31.5 Å². The highest BCUT2D eigenvalue weighted by Crippen LogP contribution is 2.69. The second-order valence-corrected chi connectivity index (χ2v) is 16.0. The average Bonchev–Trinajstić information content (AvgIpc) is 3.26. The van der Waals surface area contributed by atoms with Gasteiger partial charge in [-0.15, -0.1) is 0 Å². The highest BCUT2D eigenvalue weighted by Gasteiger charge is 2.64. The molecule has 3 N–H and O–H groups in total. The van der Waals surface area contributed by atoms with Gasteiger partial charge in [0.1, 0.15) is 17.8 Å². The van der Waals surface area contributed by atoms with Crippen LogP contribution >= 0.6 is 0 Å². The van der Waals surface area contributed by atoms with Crippen molar-refractivity contribution in [3.05, 3.63) is 29.8 Å². The van der Waals surface area contributed by atoms with Gasteiger partial charge in [0, 0.05) is 12.6 Å². The van der Waals surface area contributed by atoms with E-state index in [0.29, 0.717) is 55.2 Å². The fourth-order valence-corrected chi connectivity index (χ4v) is 11.4. The number of fused-ring (bicyclic) bond motifs is 5. The molecule has 11 atom stereocenters. The molecule has 4 saturated carbocycles. The first kappa shape index (κ1) is 31.6. The van der Waals surface area contributed by atoms with Gasteiger partial charge in [-0.2, -0.15) is 0 Å². The molecule has 4 fully saturated rings. The van der Waals surface area contributed by atoms with Crippen LogP contribution in [0.1, 0.15) is 85.5 Å². The molecule has 42 heavy (non-hydrogen) atoms. The molecule has 4 aliphatic carbocycles. The first-order chi connectivity index (χ1) is 19.7. The number of hydrogen-bond acceptors (Lipinski definition) is 4. The number of rotatable bonds is 7. The highest BCUT2D eigenvalue weighted by molar-refractivity contribution is 7.90. The van der Waals surface area contributed by atoms with Crippen molar-refractivity contribution in [3.8, 4) is 0 Å². The van der Waals surface area contributed by atoms with E-state index in [0.717, 1.165) is 38.5 Å². The van der Waals surface area contributed by atoms with Crippen molar-refractivity contribution in [1.29, 1.82) is 0 Å². The molecular formula is C32H47F3N2O4S. The van der Waals surface area contributed by atoms with Gasteiger partial charge in [-0.05, 0) is 116 Å². The van der Waals surface area contributed by atoms with Gasteiger partial charge in [0.15, 0.2) is 0 Å². The summed E-state index contributed by atoms with van der Waals surface area (Å²) in [7, 11) is -4.42. The minimum absolute atomic E-state index is 0.0629. The monoisotopic (exact) mass is 612 g/mol. The fraction of sp³-hybridized carbons (Fsp3) is 0.781. The van der Waals surface area contributed by atoms with Gasteiger partial charge in [-0.1, -0.05) is 34.1 Å². The van der Waals surface area contributed by atoms with Crippen molar-refractivity contribution in [2.75, 3.05) is 6.54 Å². The SMILES string of the molecule is CC[C@H]1[C@@H](O)[C@@H]2[C@H](CC[C@]3(C)[C@@H]([C@H](C)CCNC(=O)NS(=O)(=O)c4cc(F)cc(F)c4)CC[C@@H]23)[C@@]2(C)CC[C@H](F)C[C@@H]12. The zero-order chi connectivity index (χ0) is 30.6. The Balaban J connectivity index is 1.22. The third-order valence-electron chi connectivity index (χ3n) is 12.4. The Hall–Kier alpha value is -1.81. The first-order valence-electron chi connectivity index (χ1n) is 15.8. The molecular weight excluding hydrogens is 565 g/mol. The van der Waals surface area contributed by atoms with Crippen molar-refractivity contribution in [3.63, 3.8) is 0 Å². The molecule has 236 valence electrons. The predicted molar refractivity (Wildman–Crippen MR) is 155 cm³/mol. The molecule has 1 aromatic carbocycles. The fourth-order valence-electron chi connectivity index (χ4n) is 10.4. The Morgan fingerprint density at radius 2 is 1.67 bits per heavy atom. The lowest BCUT2D eigenvalue weighted by molar-refractivity contribution is -0.199. The van der Waals surface area contributed by atoms with E-state index in [2.05, 4.69) is 33.0 Å². The highest BCUT2D eigenvalue weighted by atomic mass is 32.2. The minimum Gasteiger partial charge on any atom is -0.393 e. The molecule has 2 amide bonds. The number of hydrogen-bond donors (Lipinski definition) is 3. The number of urea groups is 1. The summed E-state index contributed by atoms with van der Waals surface area (Å²) in [6, 6.07) is 0.937. The number of aliphatic hydroxyl groups is 1. The zero-order valence-corrected chi connectivity index (χ0v) is 26.0. The molecule has 0 saturated heterocycles. The van der Waals surface area contributed by atoms with Crippen LogP contribution in [-0.4, -0.2) is 38.4 Å². The number of amides is 2. The number of nitrogens with one attached hydrogen (secondary N) is 2.